The van der Waals surface area contributed by atoms with E-state index in [0.717, 1.165) is 12.1 Å². The van der Waals surface area contributed by atoms with Gasteiger partial charge < -0.3 is 10.1 Å². The number of methoxy groups -OCH3 is 1. The quantitative estimate of drug-likeness (QED) is 0.564. The van der Waals surface area contributed by atoms with Crippen molar-refractivity contribution in [2.24, 2.45) is 0 Å². The number of carbonyl (C=O) groups is 2. The maximum absolute atomic E-state index is 12.5. The van der Waals surface area contributed by atoms with E-state index in [1.54, 1.807) is 24.3 Å². The lowest BCUT2D eigenvalue weighted by Crippen LogP contribution is -2.12. The summed E-state index contributed by atoms with van der Waals surface area (Å²) in [7, 11) is 1.33. The molecule has 0 aliphatic heterocycles. The van der Waals surface area contributed by atoms with Gasteiger partial charge in [-0.25, -0.2) is 4.79 Å². The molecule has 26 heavy (non-hydrogen) atoms. The van der Waals surface area contributed by atoms with Gasteiger partial charge in [-0.2, -0.15) is 0 Å². The van der Waals surface area contributed by atoms with Crippen molar-refractivity contribution >= 4 is 17.6 Å². The third kappa shape index (κ3) is 2.86. The summed E-state index contributed by atoms with van der Waals surface area (Å²) >= 11 is 0. The topological polar surface area (TPSA) is 55.4 Å². The molecule has 0 fully saturated rings. The minimum Gasteiger partial charge on any atom is -0.465 e. The van der Waals surface area contributed by atoms with Gasteiger partial charge >= 0.3 is 5.97 Å². The molecule has 4 rings (SSSR count). The molecule has 0 radical (unpaired) electrons. The smallest absolute Gasteiger partial charge is 0.337 e. The highest BCUT2D eigenvalue weighted by molar-refractivity contribution is 6.05. The zero-order chi connectivity index (χ0) is 18.1. The van der Waals surface area contributed by atoms with Crippen LogP contribution in [0.1, 0.15) is 31.8 Å². The van der Waals surface area contributed by atoms with Gasteiger partial charge in [0.15, 0.2) is 0 Å². The predicted molar refractivity (Wildman–Crippen MR) is 100 cm³/mol. The second-order valence-electron chi connectivity index (χ2n) is 6.23. The van der Waals surface area contributed by atoms with Crippen LogP contribution in [0, 0.1) is 0 Å². The van der Waals surface area contributed by atoms with Crippen LogP contribution in [-0.2, 0) is 11.2 Å². The molecule has 1 N–H and O–H groups in total. The standard InChI is InChI=1S/C22H17NO3/c1-26-22(25)15-8-6-14(7-9-15)21(24)23-18-11-10-17-12-16-4-2-3-5-19(16)20(17)13-18/h2-11,13H,12H2,1H3,(H,23,24). The maximum atomic E-state index is 12.5. The largest absolute Gasteiger partial charge is 0.465 e. The number of esters is 1. The minimum atomic E-state index is -0.422. The zero-order valence-corrected chi connectivity index (χ0v) is 14.3. The van der Waals surface area contributed by atoms with Gasteiger partial charge in [-0.15, -0.1) is 0 Å². The van der Waals surface area contributed by atoms with E-state index in [9.17, 15) is 9.59 Å². The number of rotatable bonds is 3. The third-order valence-corrected chi connectivity index (χ3v) is 4.62. The molecular weight excluding hydrogens is 326 g/mol. The van der Waals surface area contributed by atoms with E-state index in [1.165, 1.54) is 29.4 Å². The van der Waals surface area contributed by atoms with Crippen molar-refractivity contribution in [2.45, 2.75) is 6.42 Å². The van der Waals surface area contributed by atoms with Gasteiger partial charge in [0.25, 0.3) is 5.91 Å². The zero-order valence-electron chi connectivity index (χ0n) is 14.3. The first-order valence-corrected chi connectivity index (χ1v) is 8.36. The SMILES string of the molecule is COC(=O)c1ccc(C(=O)Nc2ccc3c(c2)-c2ccccc2C3)cc1. The molecule has 1 aliphatic carbocycles. The lowest BCUT2D eigenvalue weighted by atomic mass is 10.1. The molecular formula is C22H17NO3. The van der Waals surface area contributed by atoms with Crippen molar-refractivity contribution in [3.8, 4) is 11.1 Å². The molecule has 0 bridgehead atoms. The molecule has 0 unspecified atom stereocenters. The number of nitrogens with one attached hydrogen (secondary N) is 1. The lowest BCUT2D eigenvalue weighted by molar-refractivity contribution is 0.0600. The summed E-state index contributed by atoms with van der Waals surface area (Å²) in [5.41, 5.74) is 6.62. The van der Waals surface area contributed by atoms with Crippen LogP contribution in [0.3, 0.4) is 0 Å². The Hall–Kier alpha value is -3.40. The van der Waals surface area contributed by atoms with E-state index in [0.29, 0.717) is 11.1 Å². The summed E-state index contributed by atoms with van der Waals surface area (Å²) in [5, 5.41) is 2.93. The van der Waals surface area contributed by atoms with Crippen LogP contribution in [0.4, 0.5) is 5.69 Å². The van der Waals surface area contributed by atoms with Crippen molar-refractivity contribution in [1.29, 1.82) is 0 Å². The van der Waals surface area contributed by atoms with E-state index in [1.807, 2.05) is 24.3 Å². The Labute approximate surface area is 151 Å². The molecule has 0 saturated carbocycles. The van der Waals surface area contributed by atoms with Crippen LogP contribution < -0.4 is 5.32 Å². The third-order valence-electron chi connectivity index (χ3n) is 4.62. The number of carbonyl (C=O) groups excluding carboxylic acids is 2. The summed E-state index contributed by atoms with van der Waals surface area (Å²) in [6.45, 7) is 0. The normalized spacial score (nSPS) is 11.4. The summed E-state index contributed by atoms with van der Waals surface area (Å²) in [6.07, 6.45) is 0.925. The number of benzene rings is 3. The molecule has 4 nitrogen and oxygen atoms in total. The van der Waals surface area contributed by atoms with Crippen LogP contribution in [0.2, 0.25) is 0 Å². The summed E-state index contributed by atoms with van der Waals surface area (Å²) in [6, 6.07) is 20.7. The van der Waals surface area contributed by atoms with Gasteiger partial charge in [0.05, 0.1) is 12.7 Å². The van der Waals surface area contributed by atoms with Gasteiger partial charge in [0, 0.05) is 11.3 Å². The molecule has 1 amide bonds. The Morgan fingerprint density at radius 2 is 1.54 bits per heavy atom. The lowest BCUT2D eigenvalue weighted by Gasteiger charge is -2.08. The molecule has 0 atom stereocenters. The van der Waals surface area contributed by atoms with E-state index >= 15 is 0 Å². The van der Waals surface area contributed by atoms with Crippen molar-refractivity contribution in [3.63, 3.8) is 0 Å². The van der Waals surface area contributed by atoms with Crippen molar-refractivity contribution in [2.75, 3.05) is 12.4 Å². The second-order valence-corrected chi connectivity index (χ2v) is 6.23. The summed E-state index contributed by atoms with van der Waals surface area (Å²) in [4.78, 5) is 24.0. The van der Waals surface area contributed by atoms with Crippen molar-refractivity contribution in [1.82, 2.24) is 0 Å². The average Bonchev–Trinajstić information content (AvgIpc) is 3.05. The van der Waals surface area contributed by atoms with Crippen LogP contribution >= 0.6 is 0 Å². The first-order chi connectivity index (χ1) is 12.7. The molecule has 128 valence electrons. The molecule has 0 heterocycles. The summed E-state index contributed by atoms with van der Waals surface area (Å²) < 4.78 is 4.66. The van der Waals surface area contributed by atoms with Gasteiger partial charge in [-0.1, -0.05) is 30.3 Å². The Morgan fingerprint density at radius 1 is 0.846 bits per heavy atom. The van der Waals surface area contributed by atoms with E-state index in [-0.39, 0.29) is 5.91 Å². The first kappa shape index (κ1) is 16.1. The van der Waals surface area contributed by atoms with Crippen LogP contribution in [0.5, 0.6) is 0 Å². The van der Waals surface area contributed by atoms with Crippen LogP contribution in [0.25, 0.3) is 11.1 Å². The summed E-state index contributed by atoms with van der Waals surface area (Å²) in [5.74, 6) is -0.637. The fraction of sp³-hybridized carbons (Fsp3) is 0.0909. The Kier molecular flexibility index (Phi) is 4.01. The minimum absolute atomic E-state index is 0.215. The monoisotopic (exact) mass is 343 g/mol. The van der Waals surface area contributed by atoms with E-state index in [4.69, 9.17) is 0 Å². The van der Waals surface area contributed by atoms with Gasteiger partial charge in [-0.3, -0.25) is 4.79 Å². The maximum Gasteiger partial charge on any atom is 0.337 e. The van der Waals surface area contributed by atoms with Gasteiger partial charge in [0.2, 0.25) is 0 Å². The van der Waals surface area contributed by atoms with Crippen molar-refractivity contribution < 1.29 is 14.3 Å². The molecule has 0 spiro atoms. The van der Waals surface area contributed by atoms with Crippen molar-refractivity contribution in [3.05, 3.63) is 89.0 Å². The second kappa shape index (κ2) is 6.48. The number of hydrogen-bond acceptors (Lipinski definition) is 3. The fourth-order valence-electron chi connectivity index (χ4n) is 3.28. The highest BCUT2D eigenvalue weighted by atomic mass is 16.5. The molecule has 4 heteroatoms. The molecule has 1 aliphatic rings. The number of hydrogen-bond donors (Lipinski definition) is 1. The Morgan fingerprint density at radius 3 is 2.31 bits per heavy atom. The van der Waals surface area contributed by atoms with Gasteiger partial charge in [0.1, 0.15) is 0 Å². The Bertz CT molecular complexity index is 1010. The fourth-order valence-corrected chi connectivity index (χ4v) is 3.28. The van der Waals surface area contributed by atoms with E-state index in [2.05, 4.69) is 28.3 Å². The number of fused-ring (bicyclic) bond motifs is 3. The molecule has 0 saturated heterocycles. The first-order valence-electron chi connectivity index (χ1n) is 8.36. The van der Waals surface area contributed by atoms with E-state index < -0.39 is 5.97 Å². The van der Waals surface area contributed by atoms with Gasteiger partial charge in [-0.05, 0) is 65.1 Å². The number of anilines is 1. The number of amides is 1. The predicted octanol–water partition coefficient (Wildman–Crippen LogP) is 4.30. The molecule has 0 aromatic heterocycles. The molecule has 3 aromatic carbocycles. The Balaban J connectivity index is 1.55. The highest BCUT2D eigenvalue weighted by Crippen LogP contribution is 2.37. The highest BCUT2D eigenvalue weighted by Gasteiger charge is 2.18. The average molecular weight is 343 g/mol. The molecule has 3 aromatic rings. The number of ether oxygens (including phenoxy) is 1. The van der Waals surface area contributed by atoms with Crippen LogP contribution in [0.15, 0.2) is 66.7 Å². The van der Waals surface area contributed by atoms with Crippen LogP contribution in [-0.4, -0.2) is 19.0 Å².